The van der Waals surface area contributed by atoms with Crippen LogP contribution in [0.4, 0.5) is 5.69 Å². The molecule has 21 heavy (non-hydrogen) atoms. The molecule has 0 saturated carbocycles. The molecule has 0 aromatic heterocycles. The number of carbonyl (C=O) groups is 2. The van der Waals surface area contributed by atoms with Gasteiger partial charge in [-0.15, -0.1) is 0 Å². The normalized spacial score (nSPS) is 13.5. The second-order valence-electron chi connectivity index (χ2n) is 4.56. The Hall–Kier alpha value is -2.66. The number of nitrogens with zero attached hydrogens (tertiary/aromatic N) is 1. The molecule has 1 aliphatic rings. The van der Waals surface area contributed by atoms with Gasteiger partial charge >= 0.3 is 0 Å². The van der Waals surface area contributed by atoms with Crippen molar-refractivity contribution in [2.24, 2.45) is 0 Å². The van der Waals surface area contributed by atoms with Crippen LogP contribution in [0.15, 0.2) is 48.5 Å². The molecule has 2 amide bonds. The first kappa shape index (κ1) is 13.3. The molecule has 5 nitrogen and oxygen atoms in total. The molecule has 0 saturated heterocycles. The zero-order valence-corrected chi connectivity index (χ0v) is 11.2. The number of fused-ring (bicyclic) bond motifs is 1. The highest BCUT2D eigenvalue weighted by Gasteiger charge is 2.36. The summed E-state index contributed by atoms with van der Waals surface area (Å²) < 4.78 is 5.25. The molecule has 106 valence electrons. The van der Waals surface area contributed by atoms with Crippen molar-refractivity contribution in [2.75, 3.05) is 18.1 Å². The fourth-order valence-corrected chi connectivity index (χ4v) is 2.28. The maximum Gasteiger partial charge on any atom is 0.266 e. The number of aliphatic hydroxyl groups excluding tert-OH is 1. The van der Waals surface area contributed by atoms with E-state index in [1.54, 1.807) is 48.5 Å². The number of anilines is 1. The number of carbonyl (C=O) groups excluding carboxylic acids is 2. The predicted molar refractivity (Wildman–Crippen MR) is 76.6 cm³/mol. The highest BCUT2D eigenvalue weighted by molar-refractivity contribution is 6.34. The third-order valence-electron chi connectivity index (χ3n) is 3.25. The van der Waals surface area contributed by atoms with Gasteiger partial charge in [-0.1, -0.05) is 12.1 Å². The van der Waals surface area contributed by atoms with E-state index in [4.69, 9.17) is 9.84 Å². The fourth-order valence-electron chi connectivity index (χ4n) is 2.28. The first-order valence-corrected chi connectivity index (χ1v) is 6.54. The topological polar surface area (TPSA) is 66.8 Å². The molecule has 0 spiro atoms. The number of hydrogen-bond acceptors (Lipinski definition) is 4. The summed E-state index contributed by atoms with van der Waals surface area (Å²) in [6.45, 7) is 0.131. The van der Waals surface area contributed by atoms with Gasteiger partial charge in [0.05, 0.1) is 23.4 Å². The summed E-state index contributed by atoms with van der Waals surface area (Å²) in [6.07, 6.45) is 0. The molecule has 3 rings (SSSR count). The minimum Gasteiger partial charge on any atom is -0.491 e. The Balaban J connectivity index is 1.88. The summed E-state index contributed by atoms with van der Waals surface area (Å²) in [5.74, 6) is -0.0661. The number of rotatable bonds is 4. The van der Waals surface area contributed by atoms with Crippen molar-refractivity contribution in [2.45, 2.75) is 0 Å². The smallest absolute Gasteiger partial charge is 0.266 e. The molecule has 2 aromatic rings. The summed E-state index contributed by atoms with van der Waals surface area (Å²) in [6, 6.07) is 13.4. The average Bonchev–Trinajstić information content (AvgIpc) is 2.78. The molecule has 0 unspecified atom stereocenters. The van der Waals surface area contributed by atoms with Crippen molar-refractivity contribution < 1.29 is 19.4 Å². The molecule has 0 aliphatic carbocycles. The molecule has 1 heterocycles. The average molecular weight is 283 g/mol. The molecule has 0 radical (unpaired) electrons. The van der Waals surface area contributed by atoms with Crippen LogP contribution in [-0.2, 0) is 0 Å². The van der Waals surface area contributed by atoms with Crippen molar-refractivity contribution in [3.8, 4) is 5.75 Å². The molecule has 0 fully saturated rings. The lowest BCUT2D eigenvalue weighted by Gasteiger charge is -2.14. The maximum atomic E-state index is 12.3. The Kier molecular flexibility index (Phi) is 3.41. The lowest BCUT2D eigenvalue weighted by molar-refractivity contribution is 0.0926. The Bertz CT molecular complexity index is 659. The van der Waals surface area contributed by atoms with Crippen molar-refractivity contribution in [1.82, 2.24) is 0 Å². The summed E-state index contributed by atoms with van der Waals surface area (Å²) in [7, 11) is 0. The van der Waals surface area contributed by atoms with Crippen LogP contribution in [0.25, 0.3) is 0 Å². The summed E-state index contributed by atoms with van der Waals surface area (Å²) in [4.78, 5) is 25.8. The molecule has 2 aromatic carbocycles. The number of ether oxygens (including phenoxy) is 1. The lowest BCUT2D eigenvalue weighted by Crippen LogP contribution is -2.29. The van der Waals surface area contributed by atoms with E-state index in [2.05, 4.69) is 0 Å². The van der Waals surface area contributed by atoms with Gasteiger partial charge < -0.3 is 9.84 Å². The number of imide groups is 1. The van der Waals surface area contributed by atoms with Crippen LogP contribution in [0.3, 0.4) is 0 Å². The second kappa shape index (κ2) is 5.38. The van der Waals surface area contributed by atoms with Crippen LogP contribution in [-0.4, -0.2) is 30.1 Å². The Morgan fingerprint density at radius 1 is 0.905 bits per heavy atom. The Morgan fingerprint density at radius 2 is 1.48 bits per heavy atom. The Labute approximate surface area is 121 Å². The van der Waals surface area contributed by atoms with Crippen LogP contribution in [0.2, 0.25) is 0 Å². The van der Waals surface area contributed by atoms with Gasteiger partial charge in [0.25, 0.3) is 11.8 Å². The van der Waals surface area contributed by atoms with E-state index in [-0.39, 0.29) is 25.0 Å². The number of hydrogen-bond donors (Lipinski definition) is 1. The lowest BCUT2D eigenvalue weighted by atomic mass is 10.1. The maximum absolute atomic E-state index is 12.3. The molecule has 1 aliphatic heterocycles. The molecule has 0 atom stereocenters. The largest absolute Gasteiger partial charge is 0.491 e. The third kappa shape index (κ3) is 2.28. The van der Waals surface area contributed by atoms with Crippen LogP contribution in [0, 0.1) is 0 Å². The van der Waals surface area contributed by atoms with E-state index in [1.807, 2.05) is 0 Å². The van der Waals surface area contributed by atoms with Gasteiger partial charge in [-0.05, 0) is 36.4 Å². The summed E-state index contributed by atoms with van der Waals surface area (Å²) in [5, 5.41) is 8.70. The number of aliphatic hydroxyl groups is 1. The van der Waals surface area contributed by atoms with E-state index < -0.39 is 0 Å². The van der Waals surface area contributed by atoms with Crippen LogP contribution in [0.1, 0.15) is 20.7 Å². The van der Waals surface area contributed by atoms with Gasteiger partial charge in [-0.25, -0.2) is 4.90 Å². The van der Waals surface area contributed by atoms with E-state index in [9.17, 15) is 9.59 Å². The van der Waals surface area contributed by atoms with Gasteiger partial charge in [0.2, 0.25) is 0 Å². The Morgan fingerprint density at radius 3 is 2.00 bits per heavy atom. The predicted octanol–water partition coefficient (Wildman–Crippen LogP) is 1.86. The van der Waals surface area contributed by atoms with Gasteiger partial charge in [0, 0.05) is 0 Å². The third-order valence-corrected chi connectivity index (χ3v) is 3.25. The number of benzene rings is 2. The van der Waals surface area contributed by atoms with Gasteiger partial charge in [-0.2, -0.15) is 0 Å². The molecular weight excluding hydrogens is 270 g/mol. The van der Waals surface area contributed by atoms with Gasteiger partial charge in [0.15, 0.2) is 0 Å². The highest BCUT2D eigenvalue weighted by Crippen LogP contribution is 2.29. The first-order valence-electron chi connectivity index (χ1n) is 6.54. The molecule has 5 heteroatoms. The van der Waals surface area contributed by atoms with E-state index in [1.165, 1.54) is 0 Å². The van der Waals surface area contributed by atoms with Crippen molar-refractivity contribution in [1.29, 1.82) is 0 Å². The van der Waals surface area contributed by atoms with Gasteiger partial charge in [-0.3, -0.25) is 9.59 Å². The minimum atomic E-state index is -0.320. The highest BCUT2D eigenvalue weighted by atomic mass is 16.5. The SMILES string of the molecule is O=C1c2ccccc2C(=O)N1c1ccc(OCCO)cc1. The standard InChI is InChI=1S/C16H13NO4/c18-9-10-21-12-7-5-11(6-8-12)17-15(19)13-3-1-2-4-14(13)16(17)20/h1-8,18H,9-10H2. The number of amides is 2. The van der Waals surface area contributed by atoms with Crippen LogP contribution in [0.5, 0.6) is 5.75 Å². The molecule has 1 N–H and O–H groups in total. The summed E-state index contributed by atoms with van der Waals surface area (Å²) in [5.41, 5.74) is 1.34. The van der Waals surface area contributed by atoms with E-state index in [0.717, 1.165) is 4.90 Å². The fraction of sp³-hybridized carbons (Fsp3) is 0.125. The van der Waals surface area contributed by atoms with Crippen LogP contribution < -0.4 is 9.64 Å². The molecular formula is C16H13NO4. The van der Waals surface area contributed by atoms with E-state index in [0.29, 0.717) is 22.6 Å². The summed E-state index contributed by atoms with van der Waals surface area (Å²) >= 11 is 0. The van der Waals surface area contributed by atoms with E-state index >= 15 is 0 Å². The van der Waals surface area contributed by atoms with Crippen LogP contribution >= 0.6 is 0 Å². The second-order valence-corrected chi connectivity index (χ2v) is 4.56. The van der Waals surface area contributed by atoms with Gasteiger partial charge in [0.1, 0.15) is 12.4 Å². The minimum absolute atomic E-state index is 0.0693. The quantitative estimate of drug-likeness (QED) is 0.870. The van der Waals surface area contributed by atoms with Crippen molar-refractivity contribution in [3.63, 3.8) is 0 Å². The first-order chi connectivity index (χ1) is 10.2. The molecule has 0 bridgehead atoms. The zero-order chi connectivity index (χ0) is 14.8. The van der Waals surface area contributed by atoms with Crippen molar-refractivity contribution >= 4 is 17.5 Å². The van der Waals surface area contributed by atoms with Crippen molar-refractivity contribution in [3.05, 3.63) is 59.7 Å². The zero-order valence-electron chi connectivity index (χ0n) is 11.2. The monoisotopic (exact) mass is 283 g/mol.